The van der Waals surface area contributed by atoms with Gasteiger partial charge in [-0.15, -0.1) is 0 Å². The van der Waals surface area contributed by atoms with Crippen LogP contribution < -0.4 is 9.46 Å². The Bertz CT molecular complexity index is 566. The molecule has 0 saturated heterocycles. The van der Waals surface area contributed by atoms with Crippen LogP contribution >= 0.6 is 11.6 Å². The summed E-state index contributed by atoms with van der Waals surface area (Å²) in [5.74, 6) is 0.501. The number of ether oxygens (including phenoxy) is 1. The summed E-state index contributed by atoms with van der Waals surface area (Å²) in [4.78, 5) is 0.186. The van der Waals surface area contributed by atoms with Crippen LogP contribution in [0.2, 0.25) is 5.02 Å². The number of hydrogen-bond acceptors (Lipinski definition) is 3. The highest BCUT2D eigenvalue weighted by molar-refractivity contribution is 7.89. The zero-order valence-electron chi connectivity index (χ0n) is 11.7. The van der Waals surface area contributed by atoms with E-state index in [0.717, 1.165) is 25.7 Å². The van der Waals surface area contributed by atoms with E-state index in [1.807, 2.05) is 13.8 Å². The van der Waals surface area contributed by atoms with Gasteiger partial charge in [0.15, 0.2) is 0 Å². The highest BCUT2D eigenvalue weighted by Gasteiger charge is 2.23. The van der Waals surface area contributed by atoms with E-state index in [1.54, 1.807) is 6.07 Å². The van der Waals surface area contributed by atoms with E-state index in [0.29, 0.717) is 10.8 Å². The summed E-state index contributed by atoms with van der Waals surface area (Å²) in [6.45, 7) is 3.78. The average Bonchev–Trinajstić information content (AvgIpc) is 2.83. The largest absolute Gasteiger partial charge is 0.489 e. The van der Waals surface area contributed by atoms with Crippen LogP contribution in [0, 0.1) is 0 Å². The van der Waals surface area contributed by atoms with Crippen LogP contribution in [0.15, 0.2) is 23.1 Å². The molecule has 1 N–H and O–H groups in total. The molecule has 1 aliphatic rings. The van der Waals surface area contributed by atoms with Gasteiger partial charge < -0.3 is 4.74 Å². The highest BCUT2D eigenvalue weighted by atomic mass is 35.5. The Labute approximate surface area is 125 Å². The van der Waals surface area contributed by atoms with Crippen molar-refractivity contribution in [3.8, 4) is 5.75 Å². The average molecular weight is 318 g/mol. The monoisotopic (exact) mass is 317 g/mol. The summed E-state index contributed by atoms with van der Waals surface area (Å²) in [6, 6.07) is 4.62. The molecular formula is C14H20ClNO3S. The fourth-order valence-electron chi connectivity index (χ4n) is 2.33. The Hall–Kier alpha value is -0.780. The van der Waals surface area contributed by atoms with Crippen molar-refractivity contribution >= 4 is 21.6 Å². The van der Waals surface area contributed by atoms with Gasteiger partial charge in [-0.1, -0.05) is 24.4 Å². The van der Waals surface area contributed by atoms with Gasteiger partial charge in [-0.2, -0.15) is 0 Å². The normalized spacial score (nSPS) is 16.8. The molecule has 1 fully saturated rings. The van der Waals surface area contributed by atoms with Gasteiger partial charge >= 0.3 is 0 Å². The van der Waals surface area contributed by atoms with Gasteiger partial charge in [0.2, 0.25) is 10.0 Å². The van der Waals surface area contributed by atoms with Crippen LogP contribution in [0.1, 0.15) is 39.5 Å². The summed E-state index contributed by atoms with van der Waals surface area (Å²) in [5, 5.41) is 0.313. The van der Waals surface area contributed by atoms with Crippen LogP contribution in [0.5, 0.6) is 5.75 Å². The van der Waals surface area contributed by atoms with Gasteiger partial charge in [0, 0.05) is 6.04 Å². The minimum atomic E-state index is -3.50. The molecule has 0 atom stereocenters. The maximum atomic E-state index is 12.3. The van der Waals surface area contributed by atoms with Gasteiger partial charge in [-0.25, -0.2) is 13.1 Å². The van der Waals surface area contributed by atoms with Crippen LogP contribution in [0.3, 0.4) is 0 Å². The van der Waals surface area contributed by atoms with Crippen molar-refractivity contribution in [3.05, 3.63) is 23.2 Å². The Morgan fingerprint density at radius 3 is 2.50 bits per heavy atom. The predicted octanol–water partition coefficient (Wildman–Crippen LogP) is 3.35. The summed E-state index contributed by atoms with van der Waals surface area (Å²) in [5.41, 5.74) is 0. The number of rotatable bonds is 5. The van der Waals surface area contributed by atoms with E-state index in [-0.39, 0.29) is 17.0 Å². The van der Waals surface area contributed by atoms with E-state index in [4.69, 9.17) is 16.3 Å². The SMILES string of the molecule is CC(C)Oc1ccc(S(=O)(=O)NC2CCCC2)cc1Cl. The van der Waals surface area contributed by atoms with Gasteiger partial charge in [0.05, 0.1) is 16.0 Å². The first-order chi connectivity index (χ1) is 9.38. The number of sulfonamides is 1. The fraction of sp³-hybridized carbons (Fsp3) is 0.571. The molecule has 1 aromatic carbocycles. The maximum Gasteiger partial charge on any atom is 0.240 e. The van der Waals surface area contributed by atoms with Gasteiger partial charge in [-0.05, 0) is 44.9 Å². The number of nitrogens with one attached hydrogen (secondary N) is 1. The van der Waals surface area contributed by atoms with Crippen molar-refractivity contribution in [2.24, 2.45) is 0 Å². The zero-order chi connectivity index (χ0) is 14.8. The van der Waals surface area contributed by atoms with Crippen LogP contribution in [0.4, 0.5) is 0 Å². The van der Waals surface area contributed by atoms with Crippen molar-refractivity contribution in [2.45, 2.75) is 56.6 Å². The second-order valence-electron chi connectivity index (χ2n) is 5.36. The lowest BCUT2D eigenvalue weighted by molar-refractivity contribution is 0.242. The smallest absolute Gasteiger partial charge is 0.240 e. The topological polar surface area (TPSA) is 55.4 Å². The standard InChI is InChI=1S/C14H20ClNO3S/c1-10(2)19-14-8-7-12(9-13(14)15)20(17,18)16-11-5-3-4-6-11/h7-11,16H,3-6H2,1-2H3. The summed E-state index contributed by atoms with van der Waals surface area (Å²) in [6.07, 6.45) is 3.96. The minimum Gasteiger partial charge on any atom is -0.489 e. The molecule has 1 saturated carbocycles. The fourth-order valence-corrected chi connectivity index (χ4v) is 3.95. The third kappa shape index (κ3) is 3.87. The lowest BCUT2D eigenvalue weighted by Crippen LogP contribution is -2.32. The molecule has 112 valence electrons. The molecule has 0 aliphatic heterocycles. The van der Waals surface area contributed by atoms with E-state index < -0.39 is 10.0 Å². The molecule has 0 heterocycles. The van der Waals surface area contributed by atoms with Crippen molar-refractivity contribution < 1.29 is 13.2 Å². The molecule has 0 amide bonds. The third-order valence-corrected chi connectivity index (χ3v) is 5.07. The predicted molar refractivity (Wildman–Crippen MR) is 79.8 cm³/mol. The Morgan fingerprint density at radius 2 is 1.95 bits per heavy atom. The molecule has 0 spiro atoms. The molecule has 2 rings (SSSR count). The highest BCUT2D eigenvalue weighted by Crippen LogP contribution is 2.29. The molecule has 4 nitrogen and oxygen atoms in total. The first kappa shape index (κ1) is 15.6. The van der Waals surface area contributed by atoms with Crippen molar-refractivity contribution in [3.63, 3.8) is 0 Å². The quantitative estimate of drug-likeness (QED) is 0.906. The van der Waals surface area contributed by atoms with E-state index >= 15 is 0 Å². The molecule has 0 unspecified atom stereocenters. The zero-order valence-corrected chi connectivity index (χ0v) is 13.3. The minimum absolute atomic E-state index is 0.00780. The number of hydrogen-bond donors (Lipinski definition) is 1. The lowest BCUT2D eigenvalue weighted by Gasteiger charge is -2.15. The Morgan fingerprint density at radius 1 is 1.30 bits per heavy atom. The summed E-state index contributed by atoms with van der Waals surface area (Å²) < 4.78 is 32.8. The van der Waals surface area contributed by atoms with Crippen molar-refractivity contribution in [2.75, 3.05) is 0 Å². The summed E-state index contributed by atoms with van der Waals surface area (Å²) in [7, 11) is -3.50. The molecule has 0 radical (unpaired) electrons. The lowest BCUT2D eigenvalue weighted by atomic mass is 10.3. The molecular weight excluding hydrogens is 298 g/mol. The number of halogens is 1. The molecule has 0 bridgehead atoms. The Balaban J connectivity index is 2.17. The van der Waals surface area contributed by atoms with E-state index in [9.17, 15) is 8.42 Å². The molecule has 6 heteroatoms. The number of benzene rings is 1. The van der Waals surface area contributed by atoms with Crippen LogP contribution in [-0.2, 0) is 10.0 Å². The van der Waals surface area contributed by atoms with Crippen molar-refractivity contribution in [1.82, 2.24) is 4.72 Å². The first-order valence-corrected chi connectivity index (χ1v) is 8.73. The van der Waals surface area contributed by atoms with Crippen molar-refractivity contribution in [1.29, 1.82) is 0 Å². The third-order valence-electron chi connectivity index (χ3n) is 3.25. The van der Waals surface area contributed by atoms with Gasteiger partial charge in [0.25, 0.3) is 0 Å². The molecule has 1 aromatic rings. The maximum absolute atomic E-state index is 12.3. The van der Waals surface area contributed by atoms with Crippen LogP contribution in [-0.4, -0.2) is 20.6 Å². The molecule has 1 aliphatic carbocycles. The van der Waals surface area contributed by atoms with Crippen LogP contribution in [0.25, 0.3) is 0 Å². The summed E-state index contributed by atoms with van der Waals surface area (Å²) >= 11 is 6.08. The first-order valence-electron chi connectivity index (χ1n) is 6.87. The van der Waals surface area contributed by atoms with E-state index in [1.165, 1.54) is 12.1 Å². The Kier molecular flexibility index (Phi) is 4.94. The molecule has 0 aromatic heterocycles. The second-order valence-corrected chi connectivity index (χ2v) is 7.48. The van der Waals surface area contributed by atoms with E-state index in [2.05, 4.69) is 4.72 Å². The van der Waals surface area contributed by atoms with Gasteiger partial charge in [0.1, 0.15) is 5.75 Å². The molecule has 20 heavy (non-hydrogen) atoms. The van der Waals surface area contributed by atoms with Gasteiger partial charge in [-0.3, -0.25) is 0 Å². The second kappa shape index (κ2) is 6.33.